The molecule has 0 spiro atoms. The molecule has 0 aliphatic heterocycles. The molecule has 0 radical (unpaired) electrons. The average molecular weight is 291 g/mol. The minimum atomic E-state index is -0.542. The van der Waals surface area contributed by atoms with Gasteiger partial charge >= 0.3 is 0 Å². The maximum Gasteiger partial charge on any atom is 0.272 e. The Balaban J connectivity index is 2.97. The number of nitro benzene ring substituents is 1. The van der Waals surface area contributed by atoms with E-state index in [0.717, 1.165) is 0 Å². The number of nitrogens with zero attached hydrogens (tertiary/aromatic N) is 1. The SMILES string of the molecule is O=C(CCl)Nc1cc(SCCO)cc([N+](=O)[O-])c1. The van der Waals surface area contributed by atoms with E-state index in [1.807, 2.05) is 0 Å². The van der Waals surface area contributed by atoms with Gasteiger partial charge in [-0.3, -0.25) is 14.9 Å². The van der Waals surface area contributed by atoms with Gasteiger partial charge in [-0.05, 0) is 6.07 Å². The van der Waals surface area contributed by atoms with E-state index in [1.165, 1.54) is 23.9 Å². The van der Waals surface area contributed by atoms with Crippen molar-refractivity contribution in [1.29, 1.82) is 0 Å². The molecule has 0 aromatic heterocycles. The summed E-state index contributed by atoms with van der Waals surface area (Å²) < 4.78 is 0. The molecule has 1 aromatic carbocycles. The standard InChI is InChI=1S/C10H11ClN2O4S/c11-6-10(15)12-7-3-8(13(16)17)5-9(4-7)18-2-1-14/h3-5,14H,1-2,6H2,(H,12,15). The van der Waals surface area contributed by atoms with E-state index in [1.54, 1.807) is 6.07 Å². The number of benzene rings is 1. The van der Waals surface area contributed by atoms with Crippen molar-refractivity contribution in [3.8, 4) is 0 Å². The van der Waals surface area contributed by atoms with Crippen molar-refractivity contribution < 1.29 is 14.8 Å². The summed E-state index contributed by atoms with van der Waals surface area (Å²) in [5.41, 5.74) is 0.193. The van der Waals surface area contributed by atoms with Crippen LogP contribution in [-0.2, 0) is 4.79 Å². The first kappa shape index (κ1) is 14.7. The largest absolute Gasteiger partial charge is 0.396 e. The van der Waals surface area contributed by atoms with Crippen LogP contribution in [0.2, 0.25) is 0 Å². The maximum atomic E-state index is 11.1. The van der Waals surface area contributed by atoms with Gasteiger partial charge in [-0.25, -0.2) is 0 Å². The van der Waals surface area contributed by atoms with E-state index >= 15 is 0 Å². The summed E-state index contributed by atoms with van der Waals surface area (Å²) >= 11 is 6.61. The van der Waals surface area contributed by atoms with Crippen LogP contribution in [0.4, 0.5) is 11.4 Å². The van der Waals surface area contributed by atoms with Crippen LogP contribution in [0.1, 0.15) is 0 Å². The monoisotopic (exact) mass is 290 g/mol. The Morgan fingerprint density at radius 2 is 2.22 bits per heavy atom. The summed E-state index contributed by atoms with van der Waals surface area (Å²) in [5.74, 6) is -0.235. The van der Waals surface area contributed by atoms with Gasteiger partial charge in [0.15, 0.2) is 0 Å². The minimum Gasteiger partial charge on any atom is -0.396 e. The Labute approximate surface area is 112 Å². The zero-order chi connectivity index (χ0) is 13.5. The molecular weight excluding hydrogens is 280 g/mol. The van der Waals surface area contributed by atoms with Gasteiger partial charge in [0.2, 0.25) is 5.91 Å². The molecular formula is C10H11ClN2O4S. The molecule has 0 heterocycles. The number of amides is 1. The Bertz CT molecular complexity index is 456. The molecule has 0 aliphatic carbocycles. The predicted molar refractivity (Wildman–Crippen MR) is 70.3 cm³/mol. The third kappa shape index (κ3) is 4.52. The lowest BCUT2D eigenvalue weighted by atomic mass is 10.3. The molecule has 0 bridgehead atoms. The number of carbonyl (C=O) groups is 1. The Morgan fingerprint density at radius 1 is 1.50 bits per heavy atom. The summed E-state index contributed by atoms with van der Waals surface area (Å²) in [4.78, 5) is 21.9. The number of halogens is 1. The number of anilines is 1. The normalized spacial score (nSPS) is 10.1. The molecule has 1 amide bonds. The highest BCUT2D eigenvalue weighted by molar-refractivity contribution is 7.99. The summed E-state index contributed by atoms with van der Waals surface area (Å²) in [6.07, 6.45) is 0. The predicted octanol–water partition coefficient (Wildman–Crippen LogP) is 1.86. The maximum absolute atomic E-state index is 11.1. The molecule has 98 valence electrons. The van der Waals surface area contributed by atoms with Crippen LogP contribution in [0, 0.1) is 10.1 Å². The van der Waals surface area contributed by atoms with E-state index in [0.29, 0.717) is 16.3 Å². The van der Waals surface area contributed by atoms with Crippen molar-refractivity contribution in [2.24, 2.45) is 0 Å². The number of carbonyl (C=O) groups excluding carboxylic acids is 1. The molecule has 0 fully saturated rings. The first-order valence-electron chi connectivity index (χ1n) is 4.95. The van der Waals surface area contributed by atoms with Crippen molar-refractivity contribution in [2.75, 3.05) is 23.6 Å². The zero-order valence-corrected chi connectivity index (χ0v) is 10.8. The van der Waals surface area contributed by atoms with Gasteiger partial charge in [0.05, 0.1) is 11.5 Å². The minimum absolute atomic E-state index is 0.0310. The summed E-state index contributed by atoms with van der Waals surface area (Å²) in [7, 11) is 0. The number of alkyl halides is 1. The van der Waals surface area contributed by atoms with Crippen LogP contribution >= 0.6 is 23.4 Å². The van der Waals surface area contributed by atoms with Crippen LogP contribution in [0.15, 0.2) is 23.1 Å². The van der Waals surface area contributed by atoms with Gasteiger partial charge in [-0.2, -0.15) is 0 Å². The van der Waals surface area contributed by atoms with Gasteiger partial charge in [0, 0.05) is 28.5 Å². The summed E-state index contributed by atoms with van der Waals surface area (Å²) in [6.45, 7) is -0.0310. The number of hydrogen-bond donors (Lipinski definition) is 2. The fourth-order valence-corrected chi connectivity index (χ4v) is 2.01. The number of aliphatic hydroxyl groups excluding tert-OH is 1. The van der Waals surface area contributed by atoms with Crippen molar-refractivity contribution in [3.63, 3.8) is 0 Å². The molecule has 2 N–H and O–H groups in total. The molecule has 1 aromatic rings. The lowest BCUT2D eigenvalue weighted by molar-refractivity contribution is -0.385. The highest BCUT2D eigenvalue weighted by Crippen LogP contribution is 2.27. The molecule has 18 heavy (non-hydrogen) atoms. The second-order valence-corrected chi connectivity index (χ2v) is 4.66. The fraction of sp³-hybridized carbons (Fsp3) is 0.300. The number of nitrogens with one attached hydrogen (secondary N) is 1. The summed E-state index contributed by atoms with van der Waals surface area (Å²) in [6, 6.07) is 4.24. The molecule has 8 heteroatoms. The van der Waals surface area contributed by atoms with Crippen LogP contribution in [0.5, 0.6) is 0 Å². The quantitative estimate of drug-likeness (QED) is 0.361. The van der Waals surface area contributed by atoms with Crippen LogP contribution < -0.4 is 5.32 Å². The van der Waals surface area contributed by atoms with E-state index < -0.39 is 10.8 Å². The van der Waals surface area contributed by atoms with Gasteiger partial charge in [-0.1, -0.05) is 0 Å². The third-order valence-corrected chi connectivity index (χ3v) is 3.07. The van der Waals surface area contributed by atoms with Crippen molar-refractivity contribution >= 4 is 40.6 Å². The smallest absolute Gasteiger partial charge is 0.272 e. The Kier molecular flexibility index (Phi) is 5.90. The highest BCUT2D eigenvalue weighted by atomic mass is 35.5. The zero-order valence-electron chi connectivity index (χ0n) is 9.26. The number of rotatable bonds is 6. The molecule has 0 atom stereocenters. The number of nitro groups is 1. The van der Waals surface area contributed by atoms with Crippen molar-refractivity contribution in [1.82, 2.24) is 0 Å². The Hall–Kier alpha value is -1.31. The first-order valence-corrected chi connectivity index (χ1v) is 6.47. The van der Waals surface area contributed by atoms with Gasteiger partial charge < -0.3 is 10.4 Å². The van der Waals surface area contributed by atoms with E-state index in [9.17, 15) is 14.9 Å². The van der Waals surface area contributed by atoms with E-state index in [4.69, 9.17) is 16.7 Å². The lowest BCUT2D eigenvalue weighted by Gasteiger charge is -2.06. The average Bonchev–Trinajstić information content (AvgIpc) is 2.35. The van der Waals surface area contributed by atoms with Crippen LogP contribution in [0.3, 0.4) is 0 Å². The summed E-state index contributed by atoms with van der Waals surface area (Å²) in [5, 5.41) is 21.9. The molecule has 6 nitrogen and oxygen atoms in total. The molecule has 0 saturated carbocycles. The fourth-order valence-electron chi connectivity index (χ4n) is 1.20. The number of hydrogen-bond acceptors (Lipinski definition) is 5. The molecule has 0 saturated heterocycles. The topological polar surface area (TPSA) is 92.5 Å². The molecule has 0 aliphatic rings. The molecule has 1 rings (SSSR count). The lowest BCUT2D eigenvalue weighted by Crippen LogP contribution is -2.12. The first-order chi connectivity index (χ1) is 8.56. The second-order valence-electron chi connectivity index (χ2n) is 3.23. The number of thioether (sulfide) groups is 1. The van der Waals surface area contributed by atoms with Crippen molar-refractivity contribution in [3.05, 3.63) is 28.3 Å². The third-order valence-electron chi connectivity index (χ3n) is 1.87. The van der Waals surface area contributed by atoms with E-state index in [-0.39, 0.29) is 18.2 Å². The van der Waals surface area contributed by atoms with Gasteiger partial charge in [0.1, 0.15) is 5.88 Å². The van der Waals surface area contributed by atoms with Gasteiger partial charge in [-0.15, -0.1) is 23.4 Å². The second kappa shape index (κ2) is 7.20. The van der Waals surface area contributed by atoms with Crippen LogP contribution in [-0.4, -0.2) is 34.2 Å². The van der Waals surface area contributed by atoms with E-state index in [2.05, 4.69) is 5.32 Å². The molecule has 0 unspecified atom stereocenters. The van der Waals surface area contributed by atoms with Gasteiger partial charge in [0.25, 0.3) is 5.69 Å². The van der Waals surface area contributed by atoms with Crippen molar-refractivity contribution in [2.45, 2.75) is 4.90 Å². The number of non-ortho nitro benzene ring substituents is 1. The Morgan fingerprint density at radius 3 is 2.78 bits per heavy atom. The highest BCUT2D eigenvalue weighted by Gasteiger charge is 2.11. The number of aliphatic hydroxyl groups is 1. The van der Waals surface area contributed by atoms with Crippen LogP contribution in [0.25, 0.3) is 0 Å².